The molecule has 0 spiro atoms. The molecule has 0 aromatic heterocycles. The lowest BCUT2D eigenvalue weighted by atomic mass is 10.00. The summed E-state index contributed by atoms with van der Waals surface area (Å²) >= 11 is 6.17. The van der Waals surface area contributed by atoms with Gasteiger partial charge in [-0.2, -0.15) is 0 Å². The molecule has 0 bridgehead atoms. The molecule has 17 heavy (non-hydrogen) atoms. The Balaban J connectivity index is 3.48. The maximum Gasteiger partial charge on any atom is 0.203 e. The lowest BCUT2D eigenvalue weighted by molar-refractivity contribution is 0.267. The summed E-state index contributed by atoms with van der Waals surface area (Å²) in [7, 11) is 4.59. The topological polar surface area (TPSA) is 47.9 Å². The second kappa shape index (κ2) is 5.98. The molecule has 1 rings (SSSR count). The number of rotatable bonds is 5. The largest absolute Gasteiger partial charge is 0.493 e. The molecule has 0 saturated heterocycles. The minimum Gasteiger partial charge on any atom is -0.493 e. The lowest BCUT2D eigenvalue weighted by Gasteiger charge is -2.20. The van der Waals surface area contributed by atoms with E-state index in [2.05, 4.69) is 0 Å². The second-order valence-corrected chi connectivity index (χ2v) is 4.03. The van der Waals surface area contributed by atoms with E-state index in [1.54, 1.807) is 6.07 Å². The van der Waals surface area contributed by atoms with E-state index in [4.69, 9.17) is 25.8 Å². The Morgan fingerprint density at radius 1 is 1.18 bits per heavy atom. The van der Waals surface area contributed by atoms with Crippen molar-refractivity contribution in [2.24, 2.45) is 0 Å². The Labute approximate surface area is 106 Å². The van der Waals surface area contributed by atoms with Gasteiger partial charge in [-0.05, 0) is 0 Å². The molecular weight excluding hydrogens is 244 g/mol. The van der Waals surface area contributed by atoms with Crippen molar-refractivity contribution in [1.82, 2.24) is 0 Å². The van der Waals surface area contributed by atoms with Crippen molar-refractivity contribution in [1.29, 1.82) is 0 Å². The third-order valence-electron chi connectivity index (χ3n) is 2.58. The Hall–Kier alpha value is -1.13. The van der Waals surface area contributed by atoms with Gasteiger partial charge < -0.3 is 19.3 Å². The number of methoxy groups -OCH3 is 3. The standard InChI is InChI=1S/C12H17ClO4/c1-7(6-14)10-8(13)5-9(15-2)11(16-3)12(10)17-4/h5,7,14H,6H2,1-4H3. The molecule has 5 heteroatoms. The van der Waals surface area contributed by atoms with E-state index in [0.29, 0.717) is 27.8 Å². The summed E-state index contributed by atoms with van der Waals surface area (Å²) in [6.07, 6.45) is 0. The molecule has 1 aromatic rings. The maximum atomic E-state index is 9.24. The smallest absolute Gasteiger partial charge is 0.203 e. The number of benzene rings is 1. The predicted molar refractivity (Wildman–Crippen MR) is 66.6 cm³/mol. The fraction of sp³-hybridized carbons (Fsp3) is 0.500. The summed E-state index contributed by atoms with van der Waals surface area (Å²) in [6, 6.07) is 1.66. The summed E-state index contributed by atoms with van der Waals surface area (Å²) in [6.45, 7) is 1.83. The fourth-order valence-corrected chi connectivity index (χ4v) is 2.07. The molecule has 0 saturated carbocycles. The van der Waals surface area contributed by atoms with Gasteiger partial charge in [-0.25, -0.2) is 0 Å². The molecule has 96 valence electrons. The molecule has 1 N–H and O–H groups in total. The highest BCUT2D eigenvalue weighted by molar-refractivity contribution is 6.32. The highest BCUT2D eigenvalue weighted by atomic mass is 35.5. The number of aliphatic hydroxyl groups is 1. The number of ether oxygens (including phenoxy) is 3. The van der Waals surface area contributed by atoms with Crippen LogP contribution in [0.5, 0.6) is 17.2 Å². The Kier molecular flexibility index (Phi) is 4.90. The molecule has 1 aromatic carbocycles. The first-order valence-corrected chi connectivity index (χ1v) is 5.57. The summed E-state index contributed by atoms with van der Waals surface area (Å²) in [5.41, 5.74) is 0.717. The van der Waals surface area contributed by atoms with Gasteiger partial charge in [-0.1, -0.05) is 18.5 Å². The third kappa shape index (κ3) is 2.58. The van der Waals surface area contributed by atoms with Crippen LogP contribution in [0, 0.1) is 0 Å². The third-order valence-corrected chi connectivity index (χ3v) is 2.90. The molecule has 0 heterocycles. The maximum absolute atomic E-state index is 9.24. The van der Waals surface area contributed by atoms with Gasteiger partial charge in [0.15, 0.2) is 11.5 Å². The van der Waals surface area contributed by atoms with Crippen LogP contribution >= 0.6 is 11.6 Å². The molecule has 0 aliphatic carbocycles. The summed E-state index contributed by atoms with van der Waals surface area (Å²) in [5, 5.41) is 9.72. The van der Waals surface area contributed by atoms with Gasteiger partial charge in [0.25, 0.3) is 0 Å². The van der Waals surface area contributed by atoms with Crippen molar-refractivity contribution in [2.75, 3.05) is 27.9 Å². The first-order valence-electron chi connectivity index (χ1n) is 5.19. The van der Waals surface area contributed by atoms with Gasteiger partial charge in [-0.15, -0.1) is 0 Å². The highest BCUT2D eigenvalue weighted by Gasteiger charge is 2.23. The van der Waals surface area contributed by atoms with Gasteiger partial charge in [0.05, 0.1) is 26.4 Å². The SMILES string of the molecule is COc1cc(Cl)c(C(C)CO)c(OC)c1OC. The molecular formula is C12H17ClO4. The van der Waals surface area contributed by atoms with Gasteiger partial charge in [-0.3, -0.25) is 0 Å². The van der Waals surface area contributed by atoms with Crippen molar-refractivity contribution >= 4 is 11.6 Å². The zero-order valence-electron chi connectivity index (χ0n) is 10.4. The van der Waals surface area contributed by atoms with Gasteiger partial charge in [0.1, 0.15) is 0 Å². The van der Waals surface area contributed by atoms with Crippen molar-refractivity contribution in [3.63, 3.8) is 0 Å². The van der Waals surface area contributed by atoms with Crippen LogP contribution < -0.4 is 14.2 Å². The van der Waals surface area contributed by atoms with Crippen molar-refractivity contribution in [3.05, 3.63) is 16.7 Å². The van der Waals surface area contributed by atoms with Crippen LogP contribution in [0.15, 0.2) is 6.07 Å². The zero-order valence-corrected chi connectivity index (χ0v) is 11.2. The van der Waals surface area contributed by atoms with Crippen LogP contribution in [0.4, 0.5) is 0 Å². The predicted octanol–water partition coefficient (Wildman–Crippen LogP) is 2.46. The van der Waals surface area contributed by atoms with Gasteiger partial charge in [0.2, 0.25) is 5.75 Å². The van der Waals surface area contributed by atoms with Gasteiger partial charge >= 0.3 is 0 Å². The minimum absolute atomic E-state index is 0.0223. The average molecular weight is 261 g/mol. The number of hydrogen-bond donors (Lipinski definition) is 1. The van der Waals surface area contributed by atoms with E-state index in [1.807, 2.05) is 6.92 Å². The van der Waals surface area contributed by atoms with E-state index >= 15 is 0 Å². The van der Waals surface area contributed by atoms with Crippen LogP contribution in [0.25, 0.3) is 0 Å². The molecule has 0 aliphatic rings. The first-order chi connectivity index (χ1) is 8.10. The summed E-state index contributed by atoms with van der Waals surface area (Å²) < 4.78 is 15.7. The molecule has 0 radical (unpaired) electrons. The number of aliphatic hydroxyl groups excluding tert-OH is 1. The second-order valence-electron chi connectivity index (χ2n) is 3.62. The normalized spacial score (nSPS) is 12.1. The molecule has 0 aliphatic heterocycles. The first kappa shape index (κ1) is 13.9. The fourth-order valence-electron chi connectivity index (χ4n) is 1.70. The van der Waals surface area contributed by atoms with E-state index in [-0.39, 0.29) is 12.5 Å². The van der Waals surface area contributed by atoms with Crippen molar-refractivity contribution in [3.8, 4) is 17.2 Å². The van der Waals surface area contributed by atoms with Crippen LogP contribution in [-0.2, 0) is 0 Å². The quantitative estimate of drug-likeness (QED) is 0.884. The van der Waals surface area contributed by atoms with E-state index in [1.165, 1.54) is 21.3 Å². The zero-order chi connectivity index (χ0) is 13.0. The number of halogens is 1. The Morgan fingerprint density at radius 2 is 1.76 bits per heavy atom. The van der Waals surface area contributed by atoms with E-state index in [0.717, 1.165) is 0 Å². The Morgan fingerprint density at radius 3 is 2.18 bits per heavy atom. The summed E-state index contributed by atoms with van der Waals surface area (Å²) in [5.74, 6) is 1.34. The van der Waals surface area contributed by atoms with E-state index < -0.39 is 0 Å². The molecule has 4 nitrogen and oxygen atoms in total. The van der Waals surface area contributed by atoms with Gasteiger partial charge in [0, 0.05) is 24.2 Å². The van der Waals surface area contributed by atoms with Crippen LogP contribution in [0.1, 0.15) is 18.4 Å². The van der Waals surface area contributed by atoms with Crippen LogP contribution in [-0.4, -0.2) is 33.0 Å². The molecule has 0 amide bonds. The Bertz CT molecular complexity index is 393. The monoisotopic (exact) mass is 260 g/mol. The molecule has 0 fully saturated rings. The highest BCUT2D eigenvalue weighted by Crippen LogP contribution is 2.46. The average Bonchev–Trinajstić information content (AvgIpc) is 2.36. The van der Waals surface area contributed by atoms with Crippen LogP contribution in [0.3, 0.4) is 0 Å². The number of hydrogen-bond acceptors (Lipinski definition) is 4. The van der Waals surface area contributed by atoms with E-state index in [9.17, 15) is 5.11 Å². The van der Waals surface area contributed by atoms with Crippen LogP contribution in [0.2, 0.25) is 5.02 Å². The minimum atomic E-state index is -0.141. The van der Waals surface area contributed by atoms with Crippen molar-refractivity contribution < 1.29 is 19.3 Å². The van der Waals surface area contributed by atoms with Crippen molar-refractivity contribution in [2.45, 2.75) is 12.8 Å². The summed E-state index contributed by atoms with van der Waals surface area (Å²) in [4.78, 5) is 0. The molecule has 1 unspecified atom stereocenters. The molecule has 1 atom stereocenters. The lowest BCUT2D eigenvalue weighted by Crippen LogP contribution is -2.05.